The van der Waals surface area contributed by atoms with E-state index in [0.717, 1.165) is 25.6 Å². The second kappa shape index (κ2) is 5.54. The highest BCUT2D eigenvalue weighted by Gasteiger charge is 2.26. The number of rotatable bonds is 3. The summed E-state index contributed by atoms with van der Waals surface area (Å²) in [6, 6.07) is 8.96. The normalized spacial score (nSPS) is 24.4. The van der Waals surface area contributed by atoms with Crippen molar-refractivity contribution >= 4 is 10.9 Å². The molecule has 2 aromatic rings. The summed E-state index contributed by atoms with van der Waals surface area (Å²) in [7, 11) is 2.02. The maximum atomic E-state index is 5.96. The average Bonchev–Trinajstić information content (AvgIpc) is 2.78. The number of benzene rings is 1. The van der Waals surface area contributed by atoms with Gasteiger partial charge in [-0.1, -0.05) is 25.1 Å². The van der Waals surface area contributed by atoms with Gasteiger partial charge in [0.1, 0.15) is 0 Å². The Balaban J connectivity index is 1.85. The van der Waals surface area contributed by atoms with E-state index in [1.54, 1.807) is 0 Å². The molecule has 2 heterocycles. The van der Waals surface area contributed by atoms with E-state index < -0.39 is 0 Å². The summed E-state index contributed by atoms with van der Waals surface area (Å²) in [6.07, 6.45) is 2.47. The van der Waals surface area contributed by atoms with Crippen LogP contribution in [0.25, 0.3) is 10.9 Å². The zero-order valence-corrected chi connectivity index (χ0v) is 12.4. The van der Waals surface area contributed by atoms with Crippen LogP contribution in [0.4, 0.5) is 0 Å². The van der Waals surface area contributed by atoms with Crippen molar-refractivity contribution in [2.45, 2.75) is 32.4 Å². The molecule has 108 valence electrons. The Kier molecular flexibility index (Phi) is 3.76. The van der Waals surface area contributed by atoms with Gasteiger partial charge in [-0.15, -0.1) is 0 Å². The molecule has 1 aromatic heterocycles. The first kappa shape index (κ1) is 13.6. The summed E-state index contributed by atoms with van der Waals surface area (Å²) in [5, 5.41) is 5.97. The summed E-state index contributed by atoms with van der Waals surface area (Å²) in [6.45, 7) is 5.12. The van der Waals surface area contributed by atoms with Gasteiger partial charge in [0.25, 0.3) is 0 Å². The number of nitrogens with two attached hydrogens (primary N) is 1. The van der Waals surface area contributed by atoms with Crippen molar-refractivity contribution in [1.82, 2.24) is 14.7 Å². The third kappa shape index (κ3) is 2.45. The van der Waals surface area contributed by atoms with E-state index in [2.05, 4.69) is 36.1 Å². The summed E-state index contributed by atoms with van der Waals surface area (Å²) in [5.74, 6) is 0.792. The third-order valence-corrected chi connectivity index (χ3v) is 4.56. The van der Waals surface area contributed by atoms with E-state index in [1.165, 1.54) is 29.4 Å². The van der Waals surface area contributed by atoms with Crippen LogP contribution in [0.1, 0.15) is 25.5 Å². The van der Waals surface area contributed by atoms with Crippen LogP contribution in [0.2, 0.25) is 0 Å². The van der Waals surface area contributed by atoms with Gasteiger partial charge in [0.05, 0.1) is 11.2 Å². The van der Waals surface area contributed by atoms with Crippen molar-refractivity contribution in [2.75, 3.05) is 13.1 Å². The number of hydrogen-bond acceptors (Lipinski definition) is 3. The maximum absolute atomic E-state index is 5.96. The molecule has 0 saturated carbocycles. The number of aryl methyl sites for hydroxylation is 1. The molecular weight excluding hydrogens is 248 g/mol. The van der Waals surface area contributed by atoms with Gasteiger partial charge in [0.2, 0.25) is 0 Å². The van der Waals surface area contributed by atoms with Gasteiger partial charge in [-0.05, 0) is 31.4 Å². The lowest BCUT2D eigenvalue weighted by molar-refractivity contribution is 0.114. The molecule has 20 heavy (non-hydrogen) atoms. The Hall–Kier alpha value is -1.39. The van der Waals surface area contributed by atoms with Crippen molar-refractivity contribution in [3.8, 4) is 0 Å². The molecule has 4 nitrogen and oxygen atoms in total. The molecule has 0 aliphatic carbocycles. The first-order chi connectivity index (χ1) is 9.69. The molecule has 0 bridgehead atoms. The van der Waals surface area contributed by atoms with Gasteiger partial charge < -0.3 is 5.73 Å². The molecule has 2 atom stereocenters. The molecule has 1 aromatic carbocycles. The molecular formula is C16H24N4. The van der Waals surface area contributed by atoms with Gasteiger partial charge in [-0.2, -0.15) is 5.10 Å². The molecule has 0 radical (unpaired) electrons. The van der Waals surface area contributed by atoms with Gasteiger partial charge in [-0.25, -0.2) is 0 Å². The van der Waals surface area contributed by atoms with E-state index >= 15 is 0 Å². The maximum Gasteiger partial charge on any atom is 0.0843 e. The largest absolute Gasteiger partial charge is 0.329 e. The predicted molar refractivity (Wildman–Crippen MR) is 82.4 cm³/mol. The summed E-state index contributed by atoms with van der Waals surface area (Å²) in [5.41, 5.74) is 8.34. The van der Waals surface area contributed by atoms with E-state index in [1.807, 2.05) is 11.7 Å². The topological polar surface area (TPSA) is 47.1 Å². The lowest BCUT2D eigenvalue weighted by Gasteiger charge is -2.37. The van der Waals surface area contributed by atoms with Gasteiger partial charge in [0, 0.05) is 31.6 Å². The first-order valence-corrected chi connectivity index (χ1v) is 7.53. The number of fused-ring (bicyclic) bond motifs is 1. The Morgan fingerprint density at radius 1 is 1.35 bits per heavy atom. The summed E-state index contributed by atoms with van der Waals surface area (Å²) < 4.78 is 1.98. The first-order valence-electron chi connectivity index (χ1n) is 7.53. The average molecular weight is 272 g/mol. The molecule has 1 saturated heterocycles. The Morgan fingerprint density at radius 2 is 2.15 bits per heavy atom. The van der Waals surface area contributed by atoms with Crippen molar-refractivity contribution < 1.29 is 0 Å². The van der Waals surface area contributed by atoms with Crippen LogP contribution in [0.15, 0.2) is 24.3 Å². The van der Waals surface area contributed by atoms with Crippen LogP contribution in [0, 0.1) is 5.92 Å². The number of piperidine rings is 1. The van der Waals surface area contributed by atoms with Gasteiger partial charge in [0.15, 0.2) is 0 Å². The fourth-order valence-corrected chi connectivity index (χ4v) is 3.35. The Bertz CT molecular complexity index is 589. The molecule has 4 heteroatoms. The molecule has 1 aliphatic rings. The highest BCUT2D eigenvalue weighted by Crippen LogP contribution is 2.25. The standard InChI is InChI=1S/C16H24N4/c1-12-7-8-20(13(9-12)10-17)11-15-14-5-3-4-6-16(14)19(2)18-15/h3-6,12-13H,7-11,17H2,1-2H3. The number of hydrogen-bond donors (Lipinski definition) is 1. The molecule has 1 fully saturated rings. The molecule has 0 amide bonds. The monoisotopic (exact) mass is 272 g/mol. The van der Waals surface area contributed by atoms with Crippen LogP contribution in [0.5, 0.6) is 0 Å². The van der Waals surface area contributed by atoms with E-state index in [0.29, 0.717) is 6.04 Å². The van der Waals surface area contributed by atoms with E-state index in [9.17, 15) is 0 Å². The lowest BCUT2D eigenvalue weighted by atomic mass is 9.92. The fourth-order valence-electron chi connectivity index (χ4n) is 3.35. The van der Waals surface area contributed by atoms with E-state index in [4.69, 9.17) is 10.8 Å². The van der Waals surface area contributed by atoms with Crippen molar-refractivity contribution in [3.05, 3.63) is 30.0 Å². The lowest BCUT2D eigenvalue weighted by Crippen LogP contribution is -2.45. The SMILES string of the molecule is CC1CCN(Cc2nn(C)c3ccccc23)C(CN)C1. The van der Waals surface area contributed by atoms with Crippen LogP contribution in [-0.4, -0.2) is 33.8 Å². The van der Waals surface area contributed by atoms with Crippen molar-refractivity contribution in [2.24, 2.45) is 18.7 Å². The minimum absolute atomic E-state index is 0.500. The fraction of sp³-hybridized carbons (Fsp3) is 0.562. The van der Waals surface area contributed by atoms with Crippen molar-refractivity contribution in [1.29, 1.82) is 0 Å². The number of likely N-dealkylation sites (tertiary alicyclic amines) is 1. The second-order valence-electron chi connectivity index (χ2n) is 6.08. The number of aromatic nitrogens is 2. The summed E-state index contributed by atoms with van der Waals surface area (Å²) in [4.78, 5) is 2.51. The smallest absolute Gasteiger partial charge is 0.0843 e. The molecule has 1 aliphatic heterocycles. The molecule has 2 unspecified atom stereocenters. The number of para-hydroxylation sites is 1. The van der Waals surface area contributed by atoms with E-state index in [-0.39, 0.29) is 0 Å². The quantitative estimate of drug-likeness (QED) is 0.931. The van der Waals surface area contributed by atoms with Crippen LogP contribution in [-0.2, 0) is 13.6 Å². The van der Waals surface area contributed by atoms with Crippen LogP contribution >= 0.6 is 0 Å². The highest BCUT2D eigenvalue weighted by atomic mass is 15.3. The predicted octanol–water partition coefficient (Wildman–Crippen LogP) is 2.13. The zero-order valence-electron chi connectivity index (χ0n) is 12.4. The van der Waals surface area contributed by atoms with Crippen molar-refractivity contribution in [3.63, 3.8) is 0 Å². The number of nitrogens with zero attached hydrogens (tertiary/aromatic N) is 3. The molecule has 2 N–H and O–H groups in total. The Morgan fingerprint density at radius 3 is 2.95 bits per heavy atom. The minimum atomic E-state index is 0.500. The molecule has 0 spiro atoms. The van der Waals surface area contributed by atoms with Gasteiger partial charge >= 0.3 is 0 Å². The van der Waals surface area contributed by atoms with Crippen LogP contribution < -0.4 is 5.73 Å². The Labute approximate surface area is 120 Å². The summed E-state index contributed by atoms with van der Waals surface area (Å²) >= 11 is 0. The van der Waals surface area contributed by atoms with Gasteiger partial charge in [-0.3, -0.25) is 9.58 Å². The third-order valence-electron chi connectivity index (χ3n) is 4.56. The highest BCUT2D eigenvalue weighted by molar-refractivity contribution is 5.81. The van der Waals surface area contributed by atoms with Crippen LogP contribution in [0.3, 0.4) is 0 Å². The minimum Gasteiger partial charge on any atom is -0.329 e. The second-order valence-corrected chi connectivity index (χ2v) is 6.08. The zero-order chi connectivity index (χ0) is 14.1. The molecule has 3 rings (SSSR count).